The number of amides is 1. The number of nitrogens with two attached hydrogens (primary N) is 1. The molecule has 1 aliphatic heterocycles. The molecule has 1 aliphatic rings. The zero-order chi connectivity index (χ0) is 15.8. The van der Waals surface area contributed by atoms with Crippen LogP contribution in [0.5, 0.6) is 0 Å². The van der Waals surface area contributed by atoms with E-state index in [1.54, 1.807) is 0 Å². The third-order valence-corrected chi connectivity index (χ3v) is 6.44. The van der Waals surface area contributed by atoms with Crippen molar-refractivity contribution < 1.29 is 13.2 Å². The van der Waals surface area contributed by atoms with Crippen LogP contribution in [0.1, 0.15) is 19.8 Å². The van der Waals surface area contributed by atoms with Crippen LogP contribution in [-0.4, -0.2) is 31.2 Å². The van der Waals surface area contributed by atoms with E-state index in [-0.39, 0.29) is 27.5 Å². The normalized spacial score (nSPS) is 24.0. The lowest BCUT2D eigenvalue weighted by atomic mass is 9.95. The van der Waals surface area contributed by atoms with Gasteiger partial charge in [-0.05, 0) is 38.0 Å². The number of nitrogens with zero attached hydrogens (tertiary/aromatic N) is 1. The van der Waals surface area contributed by atoms with E-state index in [1.165, 1.54) is 22.5 Å². The first-order chi connectivity index (χ1) is 9.73. The van der Waals surface area contributed by atoms with E-state index in [0.29, 0.717) is 12.8 Å². The lowest BCUT2D eigenvalue weighted by Gasteiger charge is -2.35. The predicted octanol–water partition coefficient (Wildman–Crippen LogP) is 2.27. The SMILES string of the molecule is C[C@H]1CC[C@H](C(N)=O)CN1S(=O)(=O)c1ccc(Cl)c(Cl)c1. The van der Waals surface area contributed by atoms with E-state index in [4.69, 9.17) is 28.9 Å². The Morgan fingerprint density at radius 1 is 1.29 bits per heavy atom. The summed E-state index contributed by atoms with van der Waals surface area (Å²) in [6.07, 6.45) is 1.19. The van der Waals surface area contributed by atoms with Crippen molar-refractivity contribution in [1.82, 2.24) is 4.31 Å². The van der Waals surface area contributed by atoms with Gasteiger partial charge in [0.1, 0.15) is 0 Å². The minimum Gasteiger partial charge on any atom is -0.369 e. The fourth-order valence-electron chi connectivity index (χ4n) is 2.41. The molecular formula is C13H16Cl2N2O3S. The van der Waals surface area contributed by atoms with Crippen molar-refractivity contribution in [3.63, 3.8) is 0 Å². The minimum atomic E-state index is -3.73. The Bertz CT molecular complexity index is 663. The number of sulfonamides is 1. The summed E-state index contributed by atoms with van der Waals surface area (Å²) < 4.78 is 26.7. The summed E-state index contributed by atoms with van der Waals surface area (Å²) in [4.78, 5) is 11.4. The number of carbonyl (C=O) groups excluding carboxylic acids is 1. The van der Waals surface area contributed by atoms with E-state index in [9.17, 15) is 13.2 Å². The molecule has 0 bridgehead atoms. The molecule has 1 fully saturated rings. The van der Waals surface area contributed by atoms with Crippen molar-refractivity contribution in [2.45, 2.75) is 30.7 Å². The zero-order valence-corrected chi connectivity index (χ0v) is 13.7. The van der Waals surface area contributed by atoms with E-state index in [0.717, 1.165) is 0 Å². The smallest absolute Gasteiger partial charge is 0.243 e. The van der Waals surface area contributed by atoms with Crippen LogP contribution in [0, 0.1) is 5.92 Å². The van der Waals surface area contributed by atoms with Crippen LogP contribution < -0.4 is 5.73 Å². The van der Waals surface area contributed by atoms with Gasteiger partial charge in [0.15, 0.2) is 0 Å². The van der Waals surface area contributed by atoms with Crippen molar-refractivity contribution in [1.29, 1.82) is 0 Å². The van der Waals surface area contributed by atoms with Crippen LogP contribution in [0.3, 0.4) is 0 Å². The highest BCUT2D eigenvalue weighted by Crippen LogP contribution is 2.31. The van der Waals surface area contributed by atoms with Crippen molar-refractivity contribution in [2.24, 2.45) is 11.7 Å². The Morgan fingerprint density at radius 3 is 2.52 bits per heavy atom. The molecule has 2 rings (SSSR count). The second-order valence-electron chi connectivity index (χ2n) is 5.18. The summed E-state index contributed by atoms with van der Waals surface area (Å²) in [6.45, 7) is 1.91. The molecule has 1 aromatic carbocycles. The molecule has 116 valence electrons. The Hall–Kier alpha value is -0.820. The predicted molar refractivity (Wildman–Crippen MR) is 81.7 cm³/mol. The summed E-state index contributed by atoms with van der Waals surface area (Å²) in [5, 5.41) is 0.464. The Balaban J connectivity index is 2.36. The maximum absolute atomic E-state index is 12.7. The average molecular weight is 351 g/mol. The van der Waals surface area contributed by atoms with Crippen LogP contribution in [0.15, 0.2) is 23.1 Å². The van der Waals surface area contributed by atoms with Crippen LogP contribution in [0.25, 0.3) is 0 Å². The standard InChI is InChI=1S/C13H16Cl2N2O3S/c1-8-2-3-9(13(16)18)7-17(8)21(19,20)10-4-5-11(14)12(15)6-10/h4-6,8-9H,2-3,7H2,1H3,(H2,16,18)/t8-,9-/m0/s1. The van der Waals surface area contributed by atoms with Gasteiger partial charge in [0, 0.05) is 12.6 Å². The third-order valence-electron chi connectivity index (χ3n) is 3.72. The molecule has 0 saturated carbocycles. The van der Waals surface area contributed by atoms with Crippen LogP contribution in [0.2, 0.25) is 10.0 Å². The molecule has 0 radical (unpaired) electrons. The lowest BCUT2D eigenvalue weighted by Crippen LogP contribution is -2.48. The van der Waals surface area contributed by atoms with Gasteiger partial charge in [-0.1, -0.05) is 23.2 Å². The highest BCUT2D eigenvalue weighted by molar-refractivity contribution is 7.89. The van der Waals surface area contributed by atoms with Gasteiger partial charge < -0.3 is 5.73 Å². The van der Waals surface area contributed by atoms with Gasteiger partial charge in [0.05, 0.1) is 20.9 Å². The number of carbonyl (C=O) groups is 1. The lowest BCUT2D eigenvalue weighted by molar-refractivity contribution is -0.123. The fourth-order valence-corrected chi connectivity index (χ4v) is 4.51. The Morgan fingerprint density at radius 2 is 1.95 bits per heavy atom. The molecule has 1 saturated heterocycles. The van der Waals surface area contributed by atoms with Gasteiger partial charge in [-0.2, -0.15) is 4.31 Å². The fraction of sp³-hybridized carbons (Fsp3) is 0.462. The van der Waals surface area contributed by atoms with Crippen LogP contribution >= 0.6 is 23.2 Å². The third kappa shape index (κ3) is 3.34. The van der Waals surface area contributed by atoms with E-state index in [2.05, 4.69) is 0 Å². The molecule has 1 aromatic rings. The molecule has 0 unspecified atom stereocenters. The quantitative estimate of drug-likeness (QED) is 0.907. The molecule has 8 heteroatoms. The van der Waals surface area contributed by atoms with Gasteiger partial charge in [0.2, 0.25) is 15.9 Å². The molecule has 0 aromatic heterocycles. The van der Waals surface area contributed by atoms with Crippen LogP contribution in [-0.2, 0) is 14.8 Å². The van der Waals surface area contributed by atoms with Crippen molar-refractivity contribution in [3.8, 4) is 0 Å². The zero-order valence-electron chi connectivity index (χ0n) is 11.4. The number of primary amides is 1. The summed E-state index contributed by atoms with van der Waals surface area (Å²) in [5.74, 6) is -0.935. The second kappa shape index (κ2) is 6.12. The molecule has 1 heterocycles. The second-order valence-corrected chi connectivity index (χ2v) is 7.88. The first-order valence-corrected chi connectivity index (χ1v) is 8.69. The maximum atomic E-state index is 12.7. The highest BCUT2D eigenvalue weighted by atomic mass is 35.5. The van der Waals surface area contributed by atoms with Gasteiger partial charge in [0.25, 0.3) is 0 Å². The number of hydrogen-bond acceptors (Lipinski definition) is 3. The van der Waals surface area contributed by atoms with E-state index < -0.39 is 21.8 Å². The van der Waals surface area contributed by atoms with Gasteiger partial charge >= 0.3 is 0 Å². The van der Waals surface area contributed by atoms with Crippen molar-refractivity contribution in [2.75, 3.05) is 6.54 Å². The molecule has 0 spiro atoms. The van der Waals surface area contributed by atoms with Gasteiger partial charge in [-0.15, -0.1) is 0 Å². The molecule has 2 N–H and O–H groups in total. The maximum Gasteiger partial charge on any atom is 0.243 e. The number of rotatable bonds is 3. The summed E-state index contributed by atoms with van der Waals surface area (Å²) >= 11 is 11.7. The van der Waals surface area contributed by atoms with E-state index >= 15 is 0 Å². The minimum absolute atomic E-state index is 0.0638. The van der Waals surface area contributed by atoms with E-state index in [1.807, 2.05) is 6.92 Å². The molecule has 2 atom stereocenters. The number of hydrogen-bond donors (Lipinski definition) is 1. The number of piperidine rings is 1. The van der Waals surface area contributed by atoms with Gasteiger partial charge in [-0.3, -0.25) is 4.79 Å². The van der Waals surface area contributed by atoms with Crippen molar-refractivity contribution >= 4 is 39.1 Å². The number of halogens is 2. The van der Waals surface area contributed by atoms with Crippen molar-refractivity contribution in [3.05, 3.63) is 28.2 Å². The first kappa shape index (κ1) is 16.5. The highest BCUT2D eigenvalue weighted by Gasteiger charge is 2.36. The average Bonchev–Trinajstić information content (AvgIpc) is 2.41. The molecular weight excluding hydrogens is 335 g/mol. The Labute approximate surface area is 134 Å². The summed E-state index contributed by atoms with van der Waals surface area (Å²) in [7, 11) is -3.73. The summed E-state index contributed by atoms with van der Waals surface area (Å²) in [6, 6.07) is 3.97. The Kier molecular flexibility index (Phi) is 4.82. The molecule has 5 nitrogen and oxygen atoms in total. The van der Waals surface area contributed by atoms with Crippen LogP contribution in [0.4, 0.5) is 0 Å². The first-order valence-electron chi connectivity index (χ1n) is 6.49. The topological polar surface area (TPSA) is 80.5 Å². The largest absolute Gasteiger partial charge is 0.369 e. The molecule has 21 heavy (non-hydrogen) atoms. The molecule has 1 amide bonds. The number of benzene rings is 1. The van der Waals surface area contributed by atoms with Gasteiger partial charge in [-0.25, -0.2) is 8.42 Å². The monoisotopic (exact) mass is 350 g/mol. The molecule has 0 aliphatic carbocycles. The summed E-state index contributed by atoms with van der Waals surface area (Å²) in [5.41, 5.74) is 5.30.